The Hall–Kier alpha value is -3.93. The van der Waals surface area contributed by atoms with Gasteiger partial charge in [-0.15, -0.1) is 0 Å². The van der Waals surface area contributed by atoms with Crippen LogP contribution in [-0.2, 0) is 14.3 Å². The average Bonchev–Trinajstić information content (AvgIpc) is 2.80. The number of anilines is 1. The molecule has 0 fully saturated rings. The molecule has 0 aliphatic rings. The lowest BCUT2D eigenvalue weighted by Crippen LogP contribution is -2.36. The highest BCUT2D eigenvalue weighted by molar-refractivity contribution is 5.98. The van der Waals surface area contributed by atoms with Crippen molar-refractivity contribution in [2.45, 2.75) is 32.4 Å². The lowest BCUT2D eigenvalue weighted by molar-refractivity contribution is -0.153. The largest absolute Gasteiger partial charge is 0.452 e. The molecule has 0 heterocycles. The zero-order valence-electron chi connectivity index (χ0n) is 18.1. The van der Waals surface area contributed by atoms with Crippen molar-refractivity contribution in [1.29, 1.82) is 0 Å². The third-order valence-electron chi connectivity index (χ3n) is 4.83. The molecule has 0 saturated carbocycles. The van der Waals surface area contributed by atoms with E-state index in [1.54, 1.807) is 37.3 Å². The SMILES string of the molecule is CC(CC(=O)OC(C)C(=O)Nc1ccccc1-c1ccccc1)NC(=O)c1ccccc1. The summed E-state index contributed by atoms with van der Waals surface area (Å²) in [4.78, 5) is 37.1. The zero-order valence-corrected chi connectivity index (χ0v) is 18.1. The maximum Gasteiger partial charge on any atom is 0.308 e. The fraction of sp³-hybridized carbons (Fsp3) is 0.192. The van der Waals surface area contributed by atoms with E-state index >= 15 is 0 Å². The Morgan fingerprint density at radius 3 is 2.09 bits per heavy atom. The summed E-state index contributed by atoms with van der Waals surface area (Å²) in [5.74, 6) is -1.26. The van der Waals surface area contributed by atoms with Gasteiger partial charge in [0.15, 0.2) is 6.10 Å². The molecule has 6 heteroatoms. The fourth-order valence-electron chi connectivity index (χ4n) is 3.19. The second-order valence-electron chi connectivity index (χ2n) is 7.48. The zero-order chi connectivity index (χ0) is 22.9. The molecule has 164 valence electrons. The second kappa shape index (κ2) is 10.9. The minimum atomic E-state index is -0.983. The van der Waals surface area contributed by atoms with Crippen LogP contribution in [0.2, 0.25) is 0 Å². The number of benzene rings is 3. The molecule has 0 aromatic heterocycles. The van der Waals surface area contributed by atoms with E-state index in [9.17, 15) is 14.4 Å². The maximum absolute atomic E-state index is 12.6. The summed E-state index contributed by atoms with van der Waals surface area (Å²) in [6, 6.07) is 25.4. The molecule has 2 unspecified atom stereocenters. The molecule has 3 aromatic carbocycles. The van der Waals surface area contributed by atoms with Crippen molar-refractivity contribution in [1.82, 2.24) is 5.32 Å². The highest BCUT2D eigenvalue weighted by atomic mass is 16.5. The summed E-state index contributed by atoms with van der Waals surface area (Å²) in [6.07, 6.45) is -1.03. The van der Waals surface area contributed by atoms with Crippen LogP contribution in [0.1, 0.15) is 30.6 Å². The Kier molecular flexibility index (Phi) is 7.75. The van der Waals surface area contributed by atoms with Crippen molar-refractivity contribution in [3.63, 3.8) is 0 Å². The minimum absolute atomic E-state index is 0.0448. The molecular weight excluding hydrogens is 404 g/mol. The summed E-state index contributed by atoms with van der Waals surface area (Å²) >= 11 is 0. The van der Waals surface area contributed by atoms with Gasteiger partial charge in [0.1, 0.15) is 0 Å². The molecule has 0 aliphatic heterocycles. The Bertz CT molecular complexity index is 1070. The first kappa shape index (κ1) is 22.7. The minimum Gasteiger partial charge on any atom is -0.452 e. The van der Waals surface area contributed by atoms with E-state index in [1.807, 2.05) is 54.6 Å². The Morgan fingerprint density at radius 2 is 1.41 bits per heavy atom. The number of rotatable bonds is 8. The van der Waals surface area contributed by atoms with E-state index in [0.717, 1.165) is 11.1 Å². The molecule has 2 atom stereocenters. The van der Waals surface area contributed by atoms with Crippen LogP contribution >= 0.6 is 0 Å². The lowest BCUT2D eigenvalue weighted by atomic mass is 10.0. The quantitative estimate of drug-likeness (QED) is 0.518. The van der Waals surface area contributed by atoms with Crippen molar-refractivity contribution in [3.8, 4) is 11.1 Å². The number of esters is 1. The van der Waals surface area contributed by atoms with Gasteiger partial charge in [0, 0.05) is 22.9 Å². The molecule has 6 nitrogen and oxygen atoms in total. The van der Waals surface area contributed by atoms with Crippen LogP contribution in [0.5, 0.6) is 0 Å². The van der Waals surface area contributed by atoms with E-state index in [1.165, 1.54) is 6.92 Å². The van der Waals surface area contributed by atoms with E-state index in [-0.39, 0.29) is 12.3 Å². The summed E-state index contributed by atoms with van der Waals surface area (Å²) in [5, 5.41) is 5.59. The normalized spacial score (nSPS) is 12.3. The third kappa shape index (κ3) is 6.28. The number of ether oxygens (including phenoxy) is 1. The molecule has 0 bridgehead atoms. The van der Waals surface area contributed by atoms with Crippen LogP contribution < -0.4 is 10.6 Å². The van der Waals surface area contributed by atoms with Crippen LogP contribution in [0, 0.1) is 0 Å². The number of carbonyl (C=O) groups excluding carboxylic acids is 3. The monoisotopic (exact) mass is 430 g/mol. The van der Waals surface area contributed by atoms with Crippen molar-refractivity contribution in [3.05, 3.63) is 90.5 Å². The maximum atomic E-state index is 12.6. The molecule has 0 aliphatic carbocycles. The predicted molar refractivity (Wildman–Crippen MR) is 124 cm³/mol. The summed E-state index contributed by atoms with van der Waals surface area (Å²) < 4.78 is 5.29. The standard InChI is InChI=1S/C26H26N2O4/c1-18(27-26(31)21-13-7-4-8-14-21)17-24(29)32-19(2)25(30)28-23-16-10-9-15-22(23)20-11-5-3-6-12-20/h3-16,18-19H,17H2,1-2H3,(H,27,31)(H,28,30). The fourth-order valence-corrected chi connectivity index (χ4v) is 3.19. The van der Waals surface area contributed by atoms with Gasteiger partial charge in [-0.05, 0) is 37.6 Å². The molecule has 0 radical (unpaired) electrons. The predicted octanol–water partition coefficient (Wildman–Crippen LogP) is 4.43. The third-order valence-corrected chi connectivity index (χ3v) is 4.83. The van der Waals surface area contributed by atoms with Gasteiger partial charge in [0.25, 0.3) is 11.8 Å². The average molecular weight is 431 g/mol. The molecule has 3 rings (SSSR count). The summed E-state index contributed by atoms with van der Waals surface area (Å²) in [7, 11) is 0. The Morgan fingerprint density at radius 1 is 0.812 bits per heavy atom. The van der Waals surface area contributed by atoms with Crippen molar-refractivity contribution < 1.29 is 19.1 Å². The van der Waals surface area contributed by atoms with Crippen LogP contribution in [0.3, 0.4) is 0 Å². The van der Waals surface area contributed by atoms with Gasteiger partial charge in [-0.3, -0.25) is 14.4 Å². The van der Waals surface area contributed by atoms with Gasteiger partial charge in [-0.1, -0.05) is 66.7 Å². The summed E-state index contributed by atoms with van der Waals surface area (Å²) in [6.45, 7) is 3.23. The van der Waals surface area contributed by atoms with Crippen LogP contribution in [-0.4, -0.2) is 29.9 Å². The van der Waals surface area contributed by atoms with Crippen LogP contribution in [0.15, 0.2) is 84.9 Å². The number of carbonyl (C=O) groups is 3. The van der Waals surface area contributed by atoms with Gasteiger partial charge in [0.05, 0.1) is 6.42 Å². The van der Waals surface area contributed by atoms with E-state index in [4.69, 9.17) is 4.74 Å². The van der Waals surface area contributed by atoms with Gasteiger partial charge >= 0.3 is 5.97 Å². The van der Waals surface area contributed by atoms with Crippen molar-refractivity contribution in [2.75, 3.05) is 5.32 Å². The molecule has 3 aromatic rings. The van der Waals surface area contributed by atoms with Crippen molar-refractivity contribution >= 4 is 23.5 Å². The Balaban J connectivity index is 1.54. The number of hydrogen-bond acceptors (Lipinski definition) is 4. The van der Waals surface area contributed by atoms with Crippen LogP contribution in [0.25, 0.3) is 11.1 Å². The molecule has 32 heavy (non-hydrogen) atoms. The second-order valence-corrected chi connectivity index (χ2v) is 7.48. The first-order chi connectivity index (χ1) is 15.4. The summed E-state index contributed by atoms with van der Waals surface area (Å²) in [5.41, 5.74) is 2.99. The van der Waals surface area contributed by atoms with Gasteiger partial charge < -0.3 is 15.4 Å². The van der Waals surface area contributed by atoms with Gasteiger partial charge in [-0.2, -0.15) is 0 Å². The van der Waals surface area contributed by atoms with Gasteiger partial charge in [-0.25, -0.2) is 0 Å². The van der Waals surface area contributed by atoms with E-state index in [2.05, 4.69) is 10.6 Å². The van der Waals surface area contributed by atoms with E-state index < -0.39 is 24.0 Å². The molecule has 0 saturated heterocycles. The topological polar surface area (TPSA) is 84.5 Å². The van der Waals surface area contributed by atoms with Crippen molar-refractivity contribution in [2.24, 2.45) is 0 Å². The van der Waals surface area contributed by atoms with Crippen LogP contribution in [0.4, 0.5) is 5.69 Å². The van der Waals surface area contributed by atoms with Gasteiger partial charge in [0.2, 0.25) is 0 Å². The number of para-hydroxylation sites is 1. The number of hydrogen-bond donors (Lipinski definition) is 2. The first-order valence-electron chi connectivity index (χ1n) is 10.4. The first-order valence-corrected chi connectivity index (χ1v) is 10.4. The molecular formula is C26H26N2O4. The highest BCUT2D eigenvalue weighted by Gasteiger charge is 2.21. The van der Waals surface area contributed by atoms with E-state index in [0.29, 0.717) is 11.3 Å². The smallest absolute Gasteiger partial charge is 0.308 e. The lowest BCUT2D eigenvalue weighted by Gasteiger charge is -2.18. The Labute approximate surface area is 187 Å². The highest BCUT2D eigenvalue weighted by Crippen LogP contribution is 2.27. The molecule has 2 amide bonds. The number of nitrogens with one attached hydrogen (secondary N) is 2. The molecule has 0 spiro atoms. The molecule has 2 N–H and O–H groups in total. The number of amides is 2.